The molecule has 2 aromatic rings. The van der Waals surface area contributed by atoms with Crippen LogP contribution in [-0.4, -0.2) is 55.5 Å². The third-order valence-corrected chi connectivity index (χ3v) is 6.80. The second-order valence-corrected chi connectivity index (χ2v) is 9.12. The lowest BCUT2D eigenvalue weighted by Crippen LogP contribution is -2.44. The molecule has 8 nitrogen and oxygen atoms in total. The van der Waals surface area contributed by atoms with Gasteiger partial charge in [0.25, 0.3) is 0 Å². The first-order valence-corrected chi connectivity index (χ1v) is 12.2. The van der Waals surface area contributed by atoms with Crippen LogP contribution in [0.3, 0.4) is 0 Å². The Balaban J connectivity index is 1.27. The lowest BCUT2D eigenvalue weighted by molar-refractivity contribution is -0.142. The average Bonchev–Trinajstić information content (AvgIpc) is 3.17. The Bertz CT molecular complexity index is 1010. The molecule has 0 aromatic heterocycles. The molecule has 2 aromatic carbocycles. The molecule has 35 heavy (non-hydrogen) atoms. The van der Waals surface area contributed by atoms with E-state index in [0.29, 0.717) is 6.42 Å². The van der Waals surface area contributed by atoms with Gasteiger partial charge < -0.3 is 25.2 Å². The van der Waals surface area contributed by atoms with Crippen molar-refractivity contribution >= 4 is 18.0 Å². The van der Waals surface area contributed by atoms with E-state index in [0.717, 1.165) is 25.7 Å². The summed E-state index contributed by atoms with van der Waals surface area (Å²) in [5, 5.41) is 14.3. The third-order valence-electron chi connectivity index (χ3n) is 6.80. The van der Waals surface area contributed by atoms with Crippen LogP contribution < -0.4 is 10.6 Å². The van der Waals surface area contributed by atoms with Crippen LogP contribution in [0.25, 0.3) is 11.1 Å². The van der Waals surface area contributed by atoms with Crippen LogP contribution in [0.4, 0.5) is 4.79 Å². The molecule has 8 heteroatoms. The van der Waals surface area contributed by atoms with Crippen LogP contribution in [0.15, 0.2) is 48.5 Å². The highest BCUT2D eigenvalue weighted by molar-refractivity contribution is 5.79. The summed E-state index contributed by atoms with van der Waals surface area (Å²) < 4.78 is 10.6. The number of carboxylic acid groups (broad SMARTS) is 1. The highest BCUT2D eigenvalue weighted by atomic mass is 16.5. The molecule has 0 bridgehead atoms. The molecule has 0 spiro atoms. The first-order chi connectivity index (χ1) is 17.0. The van der Waals surface area contributed by atoms with Crippen molar-refractivity contribution in [1.82, 2.24) is 10.6 Å². The zero-order valence-electron chi connectivity index (χ0n) is 19.7. The van der Waals surface area contributed by atoms with Crippen LogP contribution in [-0.2, 0) is 19.1 Å². The van der Waals surface area contributed by atoms with Crippen molar-refractivity contribution < 1.29 is 29.0 Å². The maximum atomic E-state index is 12.7. The van der Waals surface area contributed by atoms with E-state index in [9.17, 15) is 14.4 Å². The number of carbonyl (C=O) groups excluding carboxylic acids is 2. The molecule has 2 atom stereocenters. The molecule has 0 radical (unpaired) electrons. The lowest BCUT2D eigenvalue weighted by Gasteiger charge is -2.31. The van der Waals surface area contributed by atoms with Crippen LogP contribution in [0, 0.1) is 5.92 Å². The summed E-state index contributed by atoms with van der Waals surface area (Å²) in [5.74, 6) is -1.13. The van der Waals surface area contributed by atoms with Crippen LogP contribution in [0.1, 0.15) is 49.1 Å². The van der Waals surface area contributed by atoms with Gasteiger partial charge in [-0.05, 0) is 41.0 Å². The summed E-state index contributed by atoms with van der Waals surface area (Å²) in [4.78, 5) is 35.5. The van der Waals surface area contributed by atoms with Crippen molar-refractivity contribution in [2.45, 2.75) is 44.1 Å². The number of alkyl carbamates (subject to hydrolysis) is 1. The van der Waals surface area contributed by atoms with Crippen LogP contribution in [0.5, 0.6) is 0 Å². The summed E-state index contributed by atoms with van der Waals surface area (Å²) in [6.07, 6.45) is 3.53. The standard InChI is InChI=1S/C27H32N2O6/c30-25(28-13-14-34-17-26(31)32)15-18-7-1-6-12-24(18)29-27(33)35-16-23-21-10-4-2-8-19(21)20-9-3-5-11-22(20)23/h2-5,8-11,18,23-24H,1,6-7,12-17H2,(H,28,30)(H,29,33)(H,31,32)/t18-,24-/m0/s1. The number of aliphatic carboxylic acids is 1. The van der Waals surface area contributed by atoms with E-state index in [1.54, 1.807) is 0 Å². The SMILES string of the molecule is O=C(O)COCCNC(=O)C[C@@H]1CCCC[C@@H]1NC(=O)OCC1c2ccccc2-c2ccccc21. The first-order valence-electron chi connectivity index (χ1n) is 12.2. The number of amides is 2. The maximum Gasteiger partial charge on any atom is 0.407 e. The van der Waals surface area contributed by atoms with Crippen molar-refractivity contribution in [1.29, 1.82) is 0 Å². The minimum Gasteiger partial charge on any atom is -0.480 e. The highest BCUT2D eigenvalue weighted by Crippen LogP contribution is 2.44. The van der Waals surface area contributed by atoms with Gasteiger partial charge in [-0.2, -0.15) is 0 Å². The third kappa shape index (κ3) is 6.39. The molecule has 2 amide bonds. The first kappa shape index (κ1) is 24.7. The average molecular weight is 481 g/mol. The van der Waals surface area contributed by atoms with Gasteiger partial charge in [0.2, 0.25) is 5.91 Å². The number of nitrogens with one attached hydrogen (secondary N) is 2. The number of fused-ring (bicyclic) bond motifs is 3. The largest absolute Gasteiger partial charge is 0.480 e. The van der Waals surface area contributed by atoms with E-state index in [1.807, 2.05) is 24.3 Å². The summed E-state index contributed by atoms with van der Waals surface area (Å²) in [7, 11) is 0. The maximum absolute atomic E-state index is 12.7. The topological polar surface area (TPSA) is 114 Å². The smallest absolute Gasteiger partial charge is 0.407 e. The molecule has 2 aliphatic rings. The second-order valence-electron chi connectivity index (χ2n) is 9.12. The normalized spacial score (nSPS) is 18.9. The van der Waals surface area contributed by atoms with Crippen molar-refractivity contribution in [3.8, 4) is 11.1 Å². The minimum absolute atomic E-state index is 0.00410. The van der Waals surface area contributed by atoms with Crippen molar-refractivity contribution in [2.24, 2.45) is 5.92 Å². The van der Waals surface area contributed by atoms with Gasteiger partial charge >= 0.3 is 12.1 Å². The quantitative estimate of drug-likeness (QED) is 0.447. The number of benzene rings is 2. The van der Waals surface area contributed by atoms with Gasteiger partial charge in [-0.15, -0.1) is 0 Å². The fraction of sp³-hybridized carbons (Fsp3) is 0.444. The summed E-state index contributed by atoms with van der Waals surface area (Å²) in [6, 6.07) is 16.3. The molecular formula is C27H32N2O6. The van der Waals surface area contributed by atoms with E-state index in [4.69, 9.17) is 14.6 Å². The Labute approximate surface area is 205 Å². The Morgan fingerprint density at radius 1 is 0.943 bits per heavy atom. The Kier molecular flexibility index (Phi) is 8.36. The zero-order valence-corrected chi connectivity index (χ0v) is 19.7. The molecule has 0 heterocycles. The van der Waals surface area contributed by atoms with Gasteiger partial charge in [0.15, 0.2) is 0 Å². The molecular weight excluding hydrogens is 448 g/mol. The molecule has 0 unspecified atom stereocenters. The van der Waals surface area contributed by atoms with Crippen molar-refractivity contribution in [2.75, 3.05) is 26.4 Å². The monoisotopic (exact) mass is 480 g/mol. The fourth-order valence-electron chi connectivity index (χ4n) is 5.17. The zero-order chi connectivity index (χ0) is 24.6. The summed E-state index contributed by atoms with van der Waals surface area (Å²) in [5.41, 5.74) is 4.70. The molecule has 1 saturated carbocycles. The number of rotatable bonds is 10. The number of ether oxygens (including phenoxy) is 2. The molecule has 1 fully saturated rings. The second kappa shape index (κ2) is 11.8. The van der Waals surface area contributed by atoms with Gasteiger partial charge in [0, 0.05) is 24.9 Å². The predicted octanol–water partition coefficient (Wildman–Crippen LogP) is 3.69. The van der Waals surface area contributed by atoms with Crippen molar-refractivity contribution in [3.63, 3.8) is 0 Å². The van der Waals surface area contributed by atoms with E-state index < -0.39 is 12.1 Å². The van der Waals surface area contributed by atoms with Gasteiger partial charge in [-0.3, -0.25) is 4.79 Å². The summed E-state index contributed by atoms with van der Waals surface area (Å²) in [6.45, 7) is 0.270. The Morgan fingerprint density at radius 2 is 1.60 bits per heavy atom. The van der Waals surface area contributed by atoms with Gasteiger partial charge in [-0.1, -0.05) is 61.4 Å². The highest BCUT2D eigenvalue weighted by Gasteiger charge is 2.31. The number of hydrogen-bond acceptors (Lipinski definition) is 5. The molecule has 2 aliphatic carbocycles. The minimum atomic E-state index is -1.04. The predicted molar refractivity (Wildman–Crippen MR) is 130 cm³/mol. The molecule has 186 valence electrons. The van der Waals surface area contributed by atoms with Crippen LogP contribution >= 0.6 is 0 Å². The Morgan fingerprint density at radius 3 is 2.29 bits per heavy atom. The van der Waals surface area contributed by atoms with E-state index in [2.05, 4.69) is 34.9 Å². The Hall–Kier alpha value is -3.39. The van der Waals surface area contributed by atoms with Gasteiger partial charge in [0.1, 0.15) is 13.2 Å². The molecule has 4 rings (SSSR count). The fourth-order valence-corrected chi connectivity index (χ4v) is 5.17. The van der Waals surface area contributed by atoms with E-state index >= 15 is 0 Å². The number of carbonyl (C=O) groups is 3. The molecule has 0 aliphatic heterocycles. The number of carboxylic acids is 1. The molecule has 0 saturated heterocycles. The van der Waals surface area contributed by atoms with Gasteiger partial charge in [0.05, 0.1) is 6.61 Å². The van der Waals surface area contributed by atoms with Gasteiger partial charge in [-0.25, -0.2) is 9.59 Å². The van der Waals surface area contributed by atoms with E-state index in [1.165, 1.54) is 22.3 Å². The lowest BCUT2D eigenvalue weighted by atomic mass is 9.82. The van der Waals surface area contributed by atoms with E-state index in [-0.39, 0.29) is 50.2 Å². The van der Waals surface area contributed by atoms with Crippen molar-refractivity contribution in [3.05, 3.63) is 59.7 Å². The number of hydrogen-bond donors (Lipinski definition) is 3. The molecule has 3 N–H and O–H groups in total. The summed E-state index contributed by atoms with van der Waals surface area (Å²) >= 11 is 0. The van der Waals surface area contributed by atoms with Crippen LogP contribution in [0.2, 0.25) is 0 Å².